The molecule has 1 saturated carbocycles. The van der Waals surface area contributed by atoms with Crippen LogP contribution in [0.4, 0.5) is 23.7 Å². The Hall–Kier alpha value is -2.25. The second-order valence-corrected chi connectivity index (χ2v) is 8.85. The minimum atomic E-state index is -4.77. The summed E-state index contributed by atoms with van der Waals surface area (Å²) in [6.45, 7) is 6.68. The second-order valence-electron chi connectivity index (χ2n) is 8.85. The number of urea groups is 1. The fraction of sp³-hybridized carbons (Fsp3) is 0.600. The largest absolute Gasteiger partial charge is 0.573 e. The molecule has 2 amide bonds. The number of anilines is 1. The van der Waals surface area contributed by atoms with Gasteiger partial charge >= 0.3 is 12.4 Å². The molecular formula is C20H26F3N3O2. The summed E-state index contributed by atoms with van der Waals surface area (Å²) < 4.78 is 40.7. The number of carbonyl (C=O) groups excluding carboxylic acids is 1. The number of amidine groups is 1. The van der Waals surface area contributed by atoms with Crippen LogP contribution in [0.25, 0.3) is 0 Å². The highest BCUT2D eigenvalue weighted by Crippen LogP contribution is 2.44. The van der Waals surface area contributed by atoms with Gasteiger partial charge in [0.25, 0.3) is 0 Å². The average molecular weight is 397 g/mol. The predicted octanol–water partition coefficient (Wildman–Crippen LogP) is 5.46. The first-order valence-electron chi connectivity index (χ1n) is 9.44. The van der Waals surface area contributed by atoms with Gasteiger partial charge in [0.1, 0.15) is 11.6 Å². The van der Waals surface area contributed by atoms with Gasteiger partial charge in [-0.25, -0.2) is 4.79 Å². The molecule has 154 valence electrons. The highest BCUT2D eigenvalue weighted by molar-refractivity contribution is 6.17. The number of hydrogen-bond acceptors (Lipinski definition) is 3. The number of amides is 2. The van der Waals surface area contributed by atoms with E-state index in [-0.39, 0.29) is 17.0 Å². The quantitative estimate of drug-likeness (QED) is 0.696. The van der Waals surface area contributed by atoms with Crippen molar-refractivity contribution in [2.24, 2.45) is 11.3 Å². The van der Waals surface area contributed by atoms with E-state index in [2.05, 4.69) is 30.8 Å². The Labute approximate surface area is 162 Å². The summed E-state index contributed by atoms with van der Waals surface area (Å²) in [6, 6.07) is 4.58. The van der Waals surface area contributed by atoms with E-state index in [1.807, 2.05) is 0 Å². The van der Waals surface area contributed by atoms with Gasteiger partial charge in [0.2, 0.25) is 0 Å². The van der Waals surface area contributed by atoms with Gasteiger partial charge in [-0.1, -0.05) is 20.8 Å². The smallest absolute Gasteiger partial charge is 0.406 e. The maximum Gasteiger partial charge on any atom is 0.573 e. The normalized spacial score (nSPS) is 26.4. The first kappa shape index (κ1) is 20.5. The van der Waals surface area contributed by atoms with Crippen molar-refractivity contribution in [1.82, 2.24) is 5.32 Å². The third kappa shape index (κ3) is 4.42. The minimum absolute atomic E-state index is 0.155. The number of alkyl halides is 3. The molecule has 0 unspecified atom stereocenters. The van der Waals surface area contributed by atoms with Crippen LogP contribution in [-0.4, -0.2) is 23.8 Å². The SMILES string of the molecule is CC(C)(C)[C@H]1CC[C@]2(CC1)CC(=N)N(c1ccc(OC(F)(F)F)cc1)C(=O)N2. The Morgan fingerprint density at radius 1 is 1.14 bits per heavy atom. The fourth-order valence-corrected chi connectivity index (χ4v) is 4.26. The Balaban J connectivity index is 1.69. The zero-order valence-corrected chi connectivity index (χ0v) is 16.3. The molecule has 3 rings (SSSR count). The molecule has 2 N–H and O–H groups in total. The minimum Gasteiger partial charge on any atom is -0.406 e. The van der Waals surface area contributed by atoms with Gasteiger partial charge < -0.3 is 10.1 Å². The summed E-state index contributed by atoms with van der Waals surface area (Å²) in [7, 11) is 0. The third-order valence-corrected chi connectivity index (χ3v) is 5.85. The summed E-state index contributed by atoms with van der Waals surface area (Å²) in [6.07, 6.45) is -0.697. The molecule has 1 aromatic carbocycles. The second kappa shape index (κ2) is 6.97. The van der Waals surface area contributed by atoms with Gasteiger partial charge in [0.15, 0.2) is 0 Å². The van der Waals surface area contributed by atoms with Crippen LogP contribution in [0.5, 0.6) is 5.75 Å². The molecule has 1 aliphatic carbocycles. The fourth-order valence-electron chi connectivity index (χ4n) is 4.26. The molecule has 0 aromatic heterocycles. The van der Waals surface area contributed by atoms with Gasteiger partial charge in [-0.05, 0) is 61.3 Å². The van der Waals surface area contributed by atoms with Gasteiger partial charge in [-0.2, -0.15) is 0 Å². The van der Waals surface area contributed by atoms with Crippen LogP contribution in [0, 0.1) is 16.7 Å². The standard InChI is InChI=1S/C20H26F3N3O2/c1-18(2,3)13-8-10-19(11-9-13)12-16(24)26(17(27)25-19)14-4-6-15(7-5-14)28-20(21,22)23/h4-7,13,24H,8-12H2,1-3H3,(H,25,27)/t13-,19-. The van der Waals surface area contributed by atoms with Crippen molar-refractivity contribution in [3.63, 3.8) is 0 Å². The van der Waals surface area contributed by atoms with Gasteiger partial charge in [-0.15, -0.1) is 13.2 Å². The molecule has 1 spiro atoms. The van der Waals surface area contributed by atoms with Crippen molar-refractivity contribution < 1.29 is 22.7 Å². The molecule has 1 heterocycles. The van der Waals surface area contributed by atoms with E-state index in [4.69, 9.17) is 5.41 Å². The molecule has 0 bridgehead atoms. The van der Waals surface area contributed by atoms with Crippen LogP contribution < -0.4 is 15.0 Å². The Kier molecular flexibility index (Phi) is 5.10. The molecule has 0 atom stereocenters. The lowest BCUT2D eigenvalue weighted by Crippen LogP contribution is -2.63. The van der Waals surface area contributed by atoms with Crippen LogP contribution >= 0.6 is 0 Å². The summed E-state index contributed by atoms with van der Waals surface area (Å²) in [5.74, 6) is 0.378. The number of halogens is 3. The Bertz CT molecular complexity index is 725. The van der Waals surface area contributed by atoms with Crippen molar-refractivity contribution in [2.45, 2.75) is 64.8 Å². The van der Waals surface area contributed by atoms with Crippen molar-refractivity contribution in [1.29, 1.82) is 5.41 Å². The molecule has 28 heavy (non-hydrogen) atoms. The van der Waals surface area contributed by atoms with Crippen LogP contribution in [0.3, 0.4) is 0 Å². The van der Waals surface area contributed by atoms with E-state index in [1.54, 1.807) is 0 Å². The lowest BCUT2D eigenvalue weighted by atomic mass is 9.66. The topological polar surface area (TPSA) is 65.4 Å². The average Bonchev–Trinajstić information content (AvgIpc) is 2.54. The van der Waals surface area contributed by atoms with Crippen LogP contribution in [-0.2, 0) is 0 Å². The lowest BCUT2D eigenvalue weighted by Gasteiger charge is -2.48. The van der Waals surface area contributed by atoms with E-state index in [0.717, 1.165) is 37.8 Å². The predicted molar refractivity (Wildman–Crippen MR) is 101 cm³/mol. The van der Waals surface area contributed by atoms with E-state index in [9.17, 15) is 18.0 Å². The number of benzene rings is 1. The Morgan fingerprint density at radius 3 is 2.18 bits per heavy atom. The number of ether oxygens (including phenoxy) is 1. The maximum absolute atomic E-state index is 12.7. The van der Waals surface area contributed by atoms with Crippen molar-refractivity contribution in [3.8, 4) is 5.75 Å². The van der Waals surface area contributed by atoms with Crippen LogP contribution in [0.15, 0.2) is 24.3 Å². The lowest BCUT2D eigenvalue weighted by molar-refractivity contribution is -0.274. The van der Waals surface area contributed by atoms with E-state index in [0.29, 0.717) is 18.0 Å². The van der Waals surface area contributed by atoms with Crippen molar-refractivity contribution >= 4 is 17.6 Å². The van der Waals surface area contributed by atoms with E-state index < -0.39 is 17.9 Å². The maximum atomic E-state index is 12.7. The van der Waals surface area contributed by atoms with Gasteiger partial charge in [0.05, 0.1) is 5.69 Å². The van der Waals surface area contributed by atoms with Crippen LogP contribution in [0.1, 0.15) is 52.9 Å². The van der Waals surface area contributed by atoms with Gasteiger partial charge in [-0.3, -0.25) is 10.3 Å². The summed E-state index contributed by atoms with van der Waals surface area (Å²) in [4.78, 5) is 13.9. The first-order chi connectivity index (χ1) is 12.9. The third-order valence-electron chi connectivity index (χ3n) is 5.85. The molecule has 1 saturated heterocycles. The van der Waals surface area contributed by atoms with Gasteiger partial charge in [0, 0.05) is 12.0 Å². The van der Waals surface area contributed by atoms with E-state index >= 15 is 0 Å². The molecule has 1 aromatic rings. The molecule has 8 heteroatoms. The zero-order chi connectivity index (χ0) is 20.7. The van der Waals surface area contributed by atoms with E-state index in [1.165, 1.54) is 17.0 Å². The Morgan fingerprint density at radius 2 is 1.71 bits per heavy atom. The van der Waals surface area contributed by atoms with Crippen molar-refractivity contribution in [2.75, 3.05) is 4.90 Å². The summed E-state index contributed by atoms with van der Waals surface area (Å²) >= 11 is 0. The molecule has 0 radical (unpaired) electrons. The highest BCUT2D eigenvalue weighted by Gasteiger charge is 2.45. The molecular weight excluding hydrogens is 371 g/mol. The summed E-state index contributed by atoms with van der Waals surface area (Å²) in [5, 5.41) is 11.5. The molecule has 5 nitrogen and oxygen atoms in total. The number of nitrogens with zero attached hydrogens (tertiary/aromatic N) is 1. The molecule has 2 aliphatic rings. The zero-order valence-electron chi connectivity index (χ0n) is 16.3. The van der Waals surface area contributed by atoms with Crippen LogP contribution in [0.2, 0.25) is 0 Å². The first-order valence-corrected chi connectivity index (χ1v) is 9.44. The monoisotopic (exact) mass is 397 g/mol. The number of nitrogens with one attached hydrogen (secondary N) is 2. The summed E-state index contributed by atoms with van der Waals surface area (Å²) in [5.41, 5.74) is 0.168. The molecule has 1 aliphatic heterocycles. The number of carbonyl (C=O) groups is 1. The van der Waals surface area contributed by atoms with Crippen molar-refractivity contribution in [3.05, 3.63) is 24.3 Å². The molecule has 2 fully saturated rings. The number of hydrogen-bond donors (Lipinski definition) is 2. The highest BCUT2D eigenvalue weighted by atomic mass is 19.4. The number of rotatable bonds is 2.